The van der Waals surface area contributed by atoms with Gasteiger partial charge in [0.05, 0.1) is 24.3 Å². The Morgan fingerprint density at radius 1 is 1.06 bits per heavy atom. The third kappa shape index (κ3) is 4.70. The molecule has 0 saturated carbocycles. The average Bonchev–Trinajstić information content (AvgIpc) is 3.20. The van der Waals surface area contributed by atoms with Crippen molar-refractivity contribution in [1.82, 2.24) is 19.7 Å². The van der Waals surface area contributed by atoms with Crippen LogP contribution in [0.3, 0.4) is 0 Å². The van der Waals surface area contributed by atoms with Crippen LogP contribution >= 0.6 is 0 Å². The van der Waals surface area contributed by atoms with Crippen LogP contribution in [-0.4, -0.2) is 61.2 Å². The van der Waals surface area contributed by atoms with Crippen molar-refractivity contribution in [2.45, 2.75) is 39.2 Å². The summed E-state index contributed by atoms with van der Waals surface area (Å²) < 4.78 is 6.32. The Kier molecular flexibility index (Phi) is 6.74. The lowest BCUT2D eigenvalue weighted by Gasteiger charge is -2.30. The minimum atomic E-state index is -0.300. The first-order valence-corrected chi connectivity index (χ1v) is 11.4. The number of hydrogen-bond donors (Lipinski definition) is 3. The number of likely N-dealkylation sites (tertiary alicyclic amines) is 1. The minimum absolute atomic E-state index is 0.00603. The van der Waals surface area contributed by atoms with Gasteiger partial charge in [0.15, 0.2) is 5.82 Å². The third-order valence-corrected chi connectivity index (χ3v) is 6.38. The lowest BCUT2D eigenvalue weighted by molar-refractivity contribution is -0.147. The fraction of sp³-hybridized carbons (Fsp3) is 0.400. The van der Waals surface area contributed by atoms with Gasteiger partial charge in [-0.05, 0) is 61.2 Å². The van der Waals surface area contributed by atoms with Crippen LogP contribution in [0.15, 0.2) is 36.4 Å². The van der Waals surface area contributed by atoms with Gasteiger partial charge in [0.2, 0.25) is 0 Å². The van der Waals surface area contributed by atoms with E-state index < -0.39 is 0 Å². The molecule has 0 atom stereocenters. The van der Waals surface area contributed by atoms with Crippen molar-refractivity contribution in [3.05, 3.63) is 47.5 Å². The fourth-order valence-corrected chi connectivity index (χ4v) is 4.43. The Labute approximate surface area is 198 Å². The first-order valence-electron chi connectivity index (χ1n) is 11.4. The Morgan fingerprint density at radius 3 is 2.35 bits per heavy atom. The van der Waals surface area contributed by atoms with Gasteiger partial charge >= 0.3 is 12.0 Å². The number of aromatic nitrogens is 3. The van der Waals surface area contributed by atoms with Crippen molar-refractivity contribution in [3.8, 4) is 34.6 Å². The molecule has 1 aromatic heterocycles. The number of phenols is 2. The maximum atomic E-state index is 11.7. The summed E-state index contributed by atoms with van der Waals surface area (Å²) in [5.74, 6) is 0.00452. The second-order valence-corrected chi connectivity index (χ2v) is 8.98. The molecule has 3 N–H and O–H groups in total. The SMILES string of the molecule is COC(=O)C1CCN(Cc2ccc(-n3c(O)nnc3-c3cc(C(C)C)c(O)cc3O)cc2)CC1. The Bertz CT molecular complexity index is 1160. The third-order valence-electron chi connectivity index (χ3n) is 6.38. The van der Waals surface area contributed by atoms with Crippen molar-refractivity contribution in [2.24, 2.45) is 5.92 Å². The number of carbonyl (C=O) groups is 1. The molecule has 34 heavy (non-hydrogen) atoms. The van der Waals surface area contributed by atoms with Crippen LogP contribution in [0.5, 0.6) is 17.5 Å². The largest absolute Gasteiger partial charge is 0.508 e. The van der Waals surface area contributed by atoms with Crippen LogP contribution in [0, 0.1) is 5.92 Å². The van der Waals surface area contributed by atoms with Crippen LogP contribution in [0.4, 0.5) is 0 Å². The van der Waals surface area contributed by atoms with Gasteiger partial charge in [-0.15, -0.1) is 5.10 Å². The van der Waals surface area contributed by atoms with Gasteiger partial charge in [-0.1, -0.05) is 31.1 Å². The predicted molar refractivity (Wildman–Crippen MR) is 126 cm³/mol. The molecule has 0 aliphatic carbocycles. The summed E-state index contributed by atoms with van der Waals surface area (Å²) in [5.41, 5.74) is 2.77. The van der Waals surface area contributed by atoms with E-state index in [1.165, 1.54) is 17.7 Å². The molecule has 0 amide bonds. The molecular weight excluding hydrogens is 436 g/mol. The van der Waals surface area contributed by atoms with Crippen molar-refractivity contribution in [2.75, 3.05) is 20.2 Å². The highest BCUT2D eigenvalue weighted by Crippen LogP contribution is 2.38. The number of piperidine rings is 1. The van der Waals surface area contributed by atoms with Crippen LogP contribution < -0.4 is 0 Å². The first kappa shape index (κ1) is 23.6. The fourth-order valence-electron chi connectivity index (χ4n) is 4.43. The molecule has 2 heterocycles. The summed E-state index contributed by atoms with van der Waals surface area (Å²) in [7, 11) is 1.43. The maximum absolute atomic E-state index is 11.7. The number of nitrogens with zero attached hydrogens (tertiary/aromatic N) is 4. The molecule has 0 bridgehead atoms. The Balaban J connectivity index is 1.54. The molecule has 9 nitrogen and oxygen atoms in total. The number of phenolic OH excluding ortho intramolecular Hbond substituents is 2. The van der Waals surface area contributed by atoms with E-state index >= 15 is 0 Å². The smallest absolute Gasteiger partial charge is 0.319 e. The molecular formula is C25H30N4O5. The van der Waals surface area contributed by atoms with Crippen molar-refractivity contribution >= 4 is 5.97 Å². The molecule has 1 aliphatic heterocycles. The van der Waals surface area contributed by atoms with Crippen LogP contribution in [0.1, 0.15) is 43.7 Å². The number of ether oxygens (including phenoxy) is 1. The van der Waals surface area contributed by atoms with Gasteiger partial charge < -0.3 is 20.1 Å². The highest BCUT2D eigenvalue weighted by Gasteiger charge is 2.25. The summed E-state index contributed by atoms with van der Waals surface area (Å²) in [6, 6.07) is 10.3. The standard InChI is InChI=1S/C25H30N4O5/c1-15(2)19-12-20(22(31)13-21(19)30)23-26-27-25(33)29(23)18-6-4-16(5-7-18)14-28-10-8-17(9-11-28)24(32)34-3/h4-7,12-13,15,17,30-31H,8-11,14H2,1-3H3,(H,27,33). The molecule has 180 valence electrons. The summed E-state index contributed by atoms with van der Waals surface area (Å²) >= 11 is 0. The highest BCUT2D eigenvalue weighted by atomic mass is 16.5. The zero-order chi connectivity index (χ0) is 24.4. The number of esters is 1. The van der Waals surface area contributed by atoms with Crippen LogP contribution in [0.25, 0.3) is 17.1 Å². The molecule has 1 saturated heterocycles. The van der Waals surface area contributed by atoms with Crippen molar-refractivity contribution in [1.29, 1.82) is 0 Å². The zero-order valence-corrected chi connectivity index (χ0v) is 19.6. The number of benzene rings is 2. The summed E-state index contributed by atoms with van der Waals surface area (Å²) in [5, 5.41) is 38.9. The molecule has 9 heteroatoms. The summed E-state index contributed by atoms with van der Waals surface area (Å²) in [6.45, 7) is 6.29. The monoisotopic (exact) mass is 466 g/mol. The maximum Gasteiger partial charge on any atom is 0.319 e. The molecule has 2 aromatic carbocycles. The van der Waals surface area contributed by atoms with E-state index in [0.29, 0.717) is 16.8 Å². The van der Waals surface area contributed by atoms with Gasteiger partial charge in [0, 0.05) is 12.6 Å². The van der Waals surface area contributed by atoms with Crippen LogP contribution in [-0.2, 0) is 16.1 Å². The Hall–Kier alpha value is -3.59. The number of methoxy groups -OCH3 is 1. The number of hydrogen-bond acceptors (Lipinski definition) is 8. The molecule has 0 spiro atoms. The van der Waals surface area contributed by atoms with E-state index in [0.717, 1.165) is 38.0 Å². The summed E-state index contributed by atoms with van der Waals surface area (Å²) in [6.07, 6.45) is 1.58. The number of aromatic hydroxyl groups is 3. The first-order chi connectivity index (χ1) is 16.3. The lowest BCUT2D eigenvalue weighted by atomic mass is 9.96. The topological polar surface area (TPSA) is 121 Å². The van der Waals surface area contributed by atoms with Gasteiger partial charge in [0.1, 0.15) is 11.5 Å². The lowest BCUT2D eigenvalue weighted by Crippen LogP contribution is -2.36. The molecule has 1 fully saturated rings. The number of rotatable bonds is 6. The van der Waals surface area contributed by atoms with E-state index in [9.17, 15) is 20.1 Å². The van der Waals surface area contributed by atoms with E-state index in [1.807, 2.05) is 38.1 Å². The molecule has 3 aromatic rings. The van der Waals surface area contributed by atoms with Gasteiger partial charge in [-0.2, -0.15) is 0 Å². The normalized spacial score (nSPS) is 15.1. The quantitative estimate of drug-likeness (QED) is 0.472. The molecule has 0 unspecified atom stereocenters. The van der Waals surface area contributed by atoms with E-state index in [2.05, 4.69) is 15.1 Å². The molecule has 4 rings (SSSR count). The van der Waals surface area contributed by atoms with Gasteiger partial charge in [0.25, 0.3) is 0 Å². The highest BCUT2D eigenvalue weighted by molar-refractivity contribution is 5.72. The number of carbonyl (C=O) groups excluding carboxylic acids is 1. The summed E-state index contributed by atoms with van der Waals surface area (Å²) in [4.78, 5) is 14.0. The van der Waals surface area contributed by atoms with Gasteiger partial charge in [-0.25, -0.2) is 4.57 Å². The van der Waals surface area contributed by atoms with Crippen molar-refractivity contribution in [3.63, 3.8) is 0 Å². The van der Waals surface area contributed by atoms with E-state index in [-0.39, 0.29) is 41.1 Å². The zero-order valence-electron chi connectivity index (χ0n) is 19.6. The molecule has 1 aliphatic rings. The van der Waals surface area contributed by atoms with E-state index in [1.54, 1.807) is 6.07 Å². The minimum Gasteiger partial charge on any atom is -0.508 e. The second-order valence-electron chi connectivity index (χ2n) is 8.98. The van der Waals surface area contributed by atoms with Crippen molar-refractivity contribution < 1.29 is 24.9 Å². The average molecular weight is 467 g/mol. The van der Waals surface area contributed by atoms with E-state index in [4.69, 9.17) is 4.74 Å². The second kappa shape index (κ2) is 9.72. The predicted octanol–water partition coefficient (Wildman–Crippen LogP) is 3.56. The van der Waals surface area contributed by atoms with Gasteiger partial charge in [-0.3, -0.25) is 9.69 Å². The molecule has 0 radical (unpaired) electrons. The Morgan fingerprint density at radius 2 is 1.74 bits per heavy atom. The van der Waals surface area contributed by atoms with Crippen LogP contribution in [0.2, 0.25) is 0 Å².